The highest BCUT2D eigenvalue weighted by Crippen LogP contribution is 2.36. The van der Waals surface area contributed by atoms with E-state index in [9.17, 15) is 24.0 Å². The molecule has 25 heavy (non-hydrogen) atoms. The largest absolute Gasteiger partial charge is 0.325 e. The average Bonchev–Trinajstić information content (AvgIpc) is 3.02. The van der Waals surface area contributed by atoms with Gasteiger partial charge in [0, 0.05) is 10.2 Å². The molecule has 0 bridgehead atoms. The Morgan fingerprint density at radius 3 is 2.40 bits per heavy atom. The zero-order valence-corrected chi connectivity index (χ0v) is 15.6. The van der Waals surface area contributed by atoms with Gasteiger partial charge in [-0.25, -0.2) is 0 Å². The third kappa shape index (κ3) is 3.88. The minimum Gasteiger partial charge on any atom is -0.325 e. The van der Waals surface area contributed by atoms with Crippen molar-refractivity contribution in [1.29, 1.82) is 0 Å². The number of nitrogens with zero attached hydrogens (tertiary/aromatic N) is 1. The van der Waals surface area contributed by atoms with Crippen molar-refractivity contribution in [3.63, 3.8) is 0 Å². The Balaban J connectivity index is 1.64. The van der Waals surface area contributed by atoms with Gasteiger partial charge in [0.05, 0.1) is 0 Å². The number of anilines is 1. The van der Waals surface area contributed by atoms with Crippen molar-refractivity contribution in [2.24, 2.45) is 0 Å². The molecule has 1 aromatic carbocycles. The molecule has 1 aromatic rings. The molecule has 11 heteroatoms. The van der Waals surface area contributed by atoms with E-state index in [-0.39, 0.29) is 0 Å². The van der Waals surface area contributed by atoms with Gasteiger partial charge in [-0.15, -0.1) is 0 Å². The fraction of sp³-hybridized carbons (Fsp3) is 0.214. The smallest absolute Gasteiger partial charge is 0.289 e. The van der Waals surface area contributed by atoms with Crippen molar-refractivity contribution in [3.05, 3.63) is 28.7 Å². The highest BCUT2D eigenvalue weighted by Gasteiger charge is 2.50. The average molecular weight is 444 g/mol. The Kier molecular flexibility index (Phi) is 5.16. The van der Waals surface area contributed by atoms with Gasteiger partial charge in [0.25, 0.3) is 10.5 Å². The Labute approximate surface area is 158 Å². The number of hydrogen-bond donors (Lipinski definition) is 2. The summed E-state index contributed by atoms with van der Waals surface area (Å²) < 4.78 is 0.844. The van der Waals surface area contributed by atoms with Gasteiger partial charge >= 0.3 is 0 Å². The molecule has 0 aromatic heterocycles. The fourth-order valence-electron chi connectivity index (χ4n) is 2.25. The molecule has 2 atom stereocenters. The van der Waals surface area contributed by atoms with Crippen molar-refractivity contribution in [3.8, 4) is 0 Å². The lowest BCUT2D eigenvalue weighted by Gasteiger charge is -2.15. The summed E-state index contributed by atoms with van der Waals surface area (Å²) in [7, 11) is 0. The van der Waals surface area contributed by atoms with Gasteiger partial charge in [0.15, 0.2) is 0 Å². The molecule has 0 radical (unpaired) electrons. The van der Waals surface area contributed by atoms with E-state index >= 15 is 0 Å². The van der Waals surface area contributed by atoms with Crippen LogP contribution >= 0.6 is 39.5 Å². The molecule has 2 aliphatic heterocycles. The number of halogens is 1. The molecule has 5 amide bonds. The lowest BCUT2D eigenvalue weighted by molar-refractivity contribution is -0.131. The quantitative estimate of drug-likeness (QED) is 0.728. The van der Waals surface area contributed by atoms with Gasteiger partial charge in [-0.3, -0.25) is 34.2 Å². The lowest BCUT2D eigenvalue weighted by Crippen LogP contribution is -2.42. The van der Waals surface area contributed by atoms with E-state index < -0.39 is 45.2 Å². The Bertz CT molecular complexity index is 785. The summed E-state index contributed by atoms with van der Waals surface area (Å²) in [6, 6.07) is 6.80. The van der Waals surface area contributed by atoms with Crippen LogP contribution in [-0.4, -0.2) is 50.1 Å². The second kappa shape index (κ2) is 7.18. The molecule has 8 nitrogen and oxygen atoms in total. The Morgan fingerprint density at radius 2 is 1.80 bits per heavy atom. The number of thioether (sulfide) groups is 2. The maximum atomic E-state index is 12.4. The summed E-state index contributed by atoms with van der Waals surface area (Å²) in [6.07, 6.45) is 0. The third-order valence-corrected chi connectivity index (χ3v) is 6.29. The van der Waals surface area contributed by atoms with Crippen LogP contribution in [0.2, 0.25) is 0 Å². The zero-order chi connectivity index (χ0) is 18.1. The topological polar surface area (TPSA) is 113 Å². The van der Waals surface area contributed by atoms with E-state index in [1.165, 1.54) is 0 Å². The van der Waals surface area contributed by atoms with Crippen LogP contribution in [0.1, 0.15) is 0 Å². The Morgan fingerprint density at radius 1 is 1.12 bits per heavy atom. The van der Waals surface area contributed by atoms with Gasteiger partial charge in [0.1, 0.15) is 17.0 Å². The predicted molar refractivity (Wildman–Crippen MR) is 96.2 cm³/mol. The first-order chi connectivity index (χ1) is 11.8. The monoisotopic (exact) mass is 443 g/mol. The van der Waals surface area contributed by atoms with Crippen LogP contribution < -0.4 is 10.6 Å². The van der Waals surface area contributed by atoms with Crippen LogP contribution in [0.3, 0.4) is 0 Å². The van der Waals surface area contributed by atoms with E-state index in [0.717, 1.165) is 9.37 Å². The van der Waals surface area contributed by atoms with E-state index in [1.54, 1.807) is 24.3 Å². The minimum atomic E-state index is -1.01. The van der Waals surface area contributed by atoms with Crippen LogP contribution in [0.15, 0.2) is 28.7 Å². The molecule has 2 saturated heterocycles. The van der Waals surface area contributed by atoms with E-state index in [2.05, 4.69) is 26.6 Å². The Hall–Kier alpha value is -1.85. The summed E-state index contributed by atoms with van der Waals surface area (Å²) in [5.74, 6) is -1.79. The van der Waals surface area contributed by atoms with Crippen LogP contribution in [0.25, 0.3) is 0 Å². The number of imide groups is 2. The normalized spacial score (nSPS) is 23.2. The highest BCUT2D eigenvalue weighted by molar-refractivity contribution is 9.10. The maximum Gasteiger partial charge on any atom is 0.289 e. The summed E-state index contributed by atoms with van der Waals surface area (Å²) in [6.45, 7) is -0.454. The number of nitrogens with one attached hydrogen (secondary N) is 2. The summed E-state index contributed by atoms with van der Waals surface area (Å²) in [5, 5.41) is 1.52. The van der Waals surface area contributed by atoms with Crippen LogP contribution in [0.4, 0.5) is 15.3 Å². The molecule has 0 unspecified atom stereocenters. The summed E-state index contributed by atoms with van der Waals surface area (Å²) >= 11 is 4.60. The molecule has 130 valence electrons. The van der Waals surface area contributed by atoms with Crippen molar-refractivity contribution < 1.29 is 24.0 Å². The molecule has 2 N–H and O–H groups in total. The first-order valence-corrected chi connectivity index (χ1v) is 9.49. The zero-order valence-electron chi connectivity index (χ0n) is 12.4. The minimum absolute atomic E-state index is 0.454. The molecule has 0 saturated carbocycles. The van der Waals surface area contributed by atoms with Crippen molar-refractivity contribution in [1.82, 2.24) is 10.2 Å². The number of carbonyl (C=O) groups is 5. The molecule has 3 rings (SSSR count). The maximum absolute atomic E-state index is 12.4. The SMILES string of the molecule is O=C(CN1C(=O)S[C@@H]([C@@H]2SC(=O)NC2=O)C1=O)Nc1ccc(Br)cc1. The number of rotatable bonds is 4. The molecular formula is C14H10BrN3O5S2. The number of carbonyl (C=O) groups excluding carboxylic acids is 5. The molecule has 2 aliphatic rings. The molecule has 0 spiro atoms. The lowest BCUT2D eigenvalue weighted by atomic mass is 10.2. The van der Waals surface area contributed by atoms with E-state index in [0.29, 0.717) is 29.2 Å². The molecular weight excluding hydrogens is 434 g/mol. The van der Waals surface area contributed by atoms with Gasteiger partial charge in [-0.2, -0.15) is 0 Å². The second-order valence-corrected chi connectivity index (χ2v) is 8.22. The second-order valence-electron chi connectivity index (χ2n) is 5.10. The number of amides is 5. The van der Waals surface area contributed by atoms with E-state index in [4.69, 9.17) is 0 Å². The number of hydrogen-bond acceptors (Lipinski definition) is 7. The molecule has 2 fully saturated rings. The van der Waals surface area contributed by atoms with Gasteiger partial charge < -0.3 is 5.32 Å². The fourth-order valence-corrected chi connectivity index (χ4v) is 4.61. The standard InChI is InChI=1S/C14H10BrN3O5S2/c15-6-1-3-7(4-2-6)16-8(19)5-18-12(21)10(25-14(18)23)9-11(20)17-13(22)24-9/h1-4,9-10H,5H2,(H,16,19)(H,17,20,22)/t9-,10-/m0/s1. The van der Waals surface area contributed by atoms with E-state index in [1.807, 2.05) is 0 Å². The summed E-state index contributed by atoms with van der Waals surface area (Å²) in [4.78, 5) is 60.2. The number of benzene rings is 1. The van der Waals surface area contributed by atoms with Crippen molar-refractivity contribution in [2.75, 3.05) is 11.9 Å². The van der Waals surface area contributed by atoms with Gasteiger partial charge in [-0.1, -0.05) is 15.9 Å². The molecule has 0 aliphatic carbocycles. The van der Waals surface area contributed by atoms with Crippen molar-refractivity contribution >= 4 is 73.3 Å². The van der Waals surface area contributed by atoms with Crippen LogP contribution in [0.5, 0.6) is 0 Å². The van der Waals surface area contributed by atoms with Crippen molar-refractivity contribution in [2.45, 2.75) is 10.5 Å². The molecule has 2 heterocycles. The predicted octanol–water partition coefficient (Wildman–Crippen LogP) is 1.80. The van der Waals surface area contributed by atoms with Crippen LogP contribution in [-0.2, 0) is 14.4 Å². The van der Waals surface area contributed by atoms with Gasteiger partial charge in [0.2, 0.25) is 17.7 Å². The van der Waals surface area contributed by atoms with Crippen LogP contribution in [0, 0.1) is 0 Å². The summed E-state index contributed by atoms with van der Waals surface area (Å²) in [5.41, 5.74) is 0.521. The van der Waals surface area contributed by atoms with Gasteiger partial charge in [-0.05, 0) is 47.8 Å². The first kappa shape index (κ1) is 18.0. The third-order valence-electron chi connectivity index (χ3n) is 3.38. The highest BCUT2D eigenvalue weighted by atomic mass is 79.9. The first-order valence-electron chi connectivity index (χ1n) is 6.94.